The summed E-state index contributed by atoms with van der Waals surface area (Å²) >= 11 is 4.52. The van der Waals surface area contributed by atoms with Gasteiger partial charge in [0.15, 0.2) is 16.3 Å². The first-order valence-corrected chi connectivity index (χ1v) is 11.6. The molecule has 5 rings (SSSR count). The van der Waals surface area contributed by atoms with Gasteiger partial charge in [0.05, 0.1) is 34.7 Å². The monoisotopic (exact) mass is 524 g/mol. The number of hydrogen-bond acceptors (Lipinski definition) is 7. The van der Waals surface area contributed by atoms with Gasteiger partial charge in [0, 0.05) is 11.4 Å². The normalized spacial score (nSPS) is 15.2. The van der Waals surface area contributed by atoms with E-state index in [9.17, 15) is 14.4 Å². The van der Waals surface area contributed by atoms with Gasteiger partial charge < -0.3 is 9.15 Å². The molecule has 1 aliphatic heterocycles. The van der Waals surface area contributed by atoms with Gasteiger partial charge in [-0.15, -0.1) is 0 Å². The summed E-state index contributed by atoms with van der Waals surface area (Å²) in [5.74, 6) is 0.0175. The zero-order valence-electron chi connectivity index (χ0n) is 17.8. The molecule has 0 fully saturated rings. The van der Waals surface area contributed by atoms with E-state index in [0.717, 1.165) is 15.8 Å². The Labute approximate surface area is 200 Å². The fourth-order valence-electron chi connectivity index (χ4n) is 4.06. The molecule has 0 saturated heterocycles. The molecule has 1 atom stereocenters. The molecule has 9 heteroatoms. The van der Waals surface area contributed by atoms with Crippen LogP contribution in [0.2, 0.25) is 0 Å². The lowest BCUT2D eigenvalue weighted by atomic mass is 9.98. The third kappa shape index (κ3) is 3.39. The van der Waals surface area contributed by atoms with Gasteiger partial charge in [0.2, 0.25) is 5.76 Å². The van der Waals surface area contributed by atoms with Crippen molar-refractivity contribution in [2.75, 3.05) is 12.0 Å². The van der Waals surface area contributed by atoms with Crippen LogP contribution in [0.1, 0.15) is 50.0 Å². The Morgan fingerprint density at radius 2 is 1.91 bits per heavy atom. The Hall–Kier alpha value is -3.30. The Morgan fingerprint density at radius 1 is 1.18 bits per heavy atom. The van der Waals surface area contributed by atoms with Gasteiger partial charge in [-0.1, -0.05) is 39.4 Å². The first-order chi connectivity index (χ1) is 15.8. The molecule has 166 valence electrons. The van der Waals surface area contributed by atoms with Crippen LogP contribution in [0, 0.1) is 6.92 Å². The molecular formula is C24H17BrN2O5S. The maximum atomic E-state index is 13.6. The number of nitrogens with zero attached hydrogens (tertiary/aromatic N) is 2. The van der Waals surface area contributed by atoms with Crippen molar-refractivity contribution in [2.45, 2.75) is 19.9 Å². The Kier molecular flexibility index (Phi) is 5.18. The molecule has 0 N–H and O–H groups in total. The number of aromatic nitrogens is 1. The SMILES string of the molecule is COc1ccc(C2c3c(oc4ccc(Br)cc4c3=O)C(=O)N2c2nc(C)c(C(C)=O)s2)cc1. The van der Waals surface area contributed by atoms with E-state index < -0.39 is 11.9 Å². The van der Waals surface area contributed by atoms with Crippen LogP contribution in [0.4, 0.5) is 5.13 Å². The minimum absolute atomic E-state index is 0.0205. The van der Waals surface area contributed by atoms with Gasteiger partial charge in [-0.2, -0.15) is 0 Å². The summed E-state index contributed by atoms with van der Waals surface area (Å²) in [6.07, 6.45) is 0. The minimum Gasteiger partial charge on any atom is -0.497 e. The molecule has 0 aliphatic carbocycles. The molecule has 2 aromatic heterocycles. The summed E-state index contributed by atoms with van der Waals surface area (Å²) in [5.41, 5.74) is 1.51. The van der Waals surface area contributed by atoms with E-state index in [2.05, 4.69) is 20.9 Å². The molecule has 3 heterocycles. The molecule has 1 aliphatic rings. The standard InChI is InChI=1S/C24H17BrN2O5S/c1-11-22(12(2)28)33-24(26-11)27-19(13-4-7-15(31-3)8-5-13)18-20(29)16-10-14(25)6-9-17(16)32-21(18)23(27)30/h4-10,19H,1-3H3. The number of carbonyl (C=O) groups is 2. The number of ether oxygens (including phenoxy) is 1. The van der Waals surface area contributed by atoms with Gasteiger partial charge in [0.1, 0.15) is 11.3 Å². The Bertz CT molecular complexity index is 1510. The number of carbonyl (C=O) groups excluding carboxylic acids is 2. The van der Waals surface area contributed by atoms with Crippen LogP contribution in [0.15, 0.2) is 56.1 Å². The van der Waals surface area contributed by atoms with E-state index in [1.165, 1.54) is 11.8 Å². The van der Waals surface area contributed by atoms with Gasteiger partial charge in [-0.3, -0.25) is 19.3 Å². The highest BCUT2D eigenvalue weighted by Gasteiger charge is 2.45. The summed E-state index contributed by atoms with van der Waals surface area (Å²) in [6.45, 7) is 3.18. The van der Waals surface area contributed by atoms with Crippen molar-refractivity contribution in [3.8, 4) is 5.75 Å². The van der Waals surface area contributed by atoms with Crippen LogP contribution < -0.4 is 15.1 Å². The van der Waals surface area contributed by atoms with E-state index in [1.54, 1.807) is 56.5 Å². The molecule has 0 spiro atoms. The topological polar surface area (TPSA) is 89.7 Å². The van der Waals surface area contributed by atoms with Crippen molar-refractivity contribution in [1.29, 1.82) is 0 Å². The Morgan fingerprint density at radius 3 is 2.55 bits per heavy atom. The number of hydrogen-bond donors (Lipinski definition) is 0. The van der Waals surface area contributed by atoms with Gasteiger partial charge in [-0.05, 0) is 42.8 Å². The number of halogens is 1. The van der Waals surface area contributed by atoms with Crippen LogP contribution in [0.3, 0.4) is 0 Å². The average Bonchev–Trinajstić information content (AvgIpc) is 3.32. The number of aryl methyl sites for hydroxylation is 1. The van der Waals surface area contributed by atoms with Crippen molar-refractivity contribution in [1.82, 2.24) is 4.98 Å². The number of thiazole rings is 1. The fourth-order valence-corrected chi connectivity index (χ4v) is 5.41. The van der Waals surface area contributed by atoms with Crippen LogP contribution >= 0.6 is 27.3 Å². The fraction of sp³-hybridized carbons (Fsp3) is 0.167. The number of Topliss-reactive ketones (excluding diaryl/α,β-unsaturated/α-hetero) is 1. The molecule has 0 radical (unpaired) electrons. The number of amides is 1. The van der Waals surface area contributed by atoms with E-state index >= 15 is 0 Å². The van der Waals surface area contributed by atoms with Crippen LogP contribution in [-0.4, -0.2) is 23.8 Å². The summed E-state index contributed by atoms with van der Waals surface area (Å²) < 4.78 is 11.9. The maximum absolute atomic E-state index is 13.6. The van der Waals surface area contributed by atoms with Crippen molar-refractivity contribution in [2.24, 2.45) is 0 Å². The predicted molar refractivity (Wildman–Crippen MR) is 129 cm³/mol. The number of fused-ring (bicyclic) bond motifs is 2. The molecular weight excluding hydrogens is 508 g/mol. The van der Waals surface area contributed by atoms with E-state index in [4.69, 9.17) is 9.15 Å². The summed E-state index contributed by atoms with van der Waals surface area (Å²) in [4.78, 5) is 45.7. The molecule has 1 unspecified atom stereocenters. The second-order valence-corrected chi connectivity index (χ2v) is 9.53. The zero-order valence-corrected chi connectivity index (χ0v) is 20.2. The first-order valence-electron chi connectivity index (χ1n) is 10.0. The molecule has 7 nitrogen and oxygen atoms in total. The summed E-state index contributed by atoms with van der Waals surface area (Å²) in [7, 11) is 1.57. The largest absolute Gasteiger partial charge is 0.497 e. The Balaban J connectivity index is 1.79. The van der Waals surface area contributed by atoms with Crippen LogP contribution in [0.5, 0.6) is 5.75 Å². The first kappa shape index (κ1) is 21.5. The smallest absolute Gasteiger partial charge is 0.297 e. The van der Waals surface area contributed by atoms with Gasteiger partial charge >= 0.3 is 0 Å². The molecule has 33 heavy (non-hydrogen) atoms. The van der Waals surface area contributed by atoms with Gasteiger partial charge in [-0.25, -0.2) is 4.98 Å². The highest BCUT2D eigenvalue weighted by atomic mass is 79.9. The molecule has 2 aromatic carbocycles. The van der Waals surface area contributed by atoms with Gasteiger partial charge in [0.25, 0.3) is 5.91 Å². The molecule has 4 aromatic rings. The predicted octanol–water partition coefficient (Wildman–Crippen LogP) is 5.28. The van der Waals surface area contributed by atoms with E-state index in [-0.39, 0.29) is 22.5 Å². The average molecular weight is 525 g/mol. The van der Waals surface area contributed by atoms with Crippen molar-refractivity contribution in [3.63, 3.8) is 0 Å². The van der Waals surface area contributed by atoms with Crippen molar-refractivity contribution >= 4 is 55.1 Å². The number of benzene rings is 2. The second kappa shape index (κ2) is 7.93. The molecule has 1 amide bonds. The zero-order chi connectivity index (χ0) is 23.4. The van der Waals surface area contributed by atoms with Crippen LogP contribution in [0.25, 0.3) is 11.0 Å². The minimum atomic E-state index is -0.761. The van der Waals surface area contributed by atoms with Crippen molar-refractivity contribution < 1.29 is 18.7 Å². The molecule has 0 saturated carbocycles. The highest BCUT2D eigenvalue weighted by Crippen LogP contribution is 2.43. The number of ketones is 1. The lowest BCUT2D eigenvalue weighted by Crippen LogP contribution is -2.29. The number of anilines is 1. The third-order valence-electron chi connectivity index (χ3n) is 5.57. The number of methoxy groups -OCH3 is 1. The van der Waals surface area contributed by atoms with E-state index in [1.807, 2.05) is 0 Å². The van der Waals surface area contributed by atoms with Crippen molar-refractivity contribution in [3.05, 3.63) is 84.6 Å². The quantitative estimate of drug-likeness (QED) is 0.337. The highest BCUT2D eigenvalue weighted by molar-refractivity contribution is 9.10. The second-order valence-electron chi connectivity index (χ2n) is 7.63. The lowest BCUT2D eigenvalue weighted by Gasteiger charge is -2.22. The number of rotatable bonds is 4. The third-order valence-corrected chi connectivity index (χ3v) is 7.33. The summed E-state index contributed by atoms with van der Waals surface area (Å²) in [6, 6.07) is 11.5. The lowest BCUT2D eigenvalue weighted by molar-refractivity contribution is 0.0969. The maximum Gasteiger partial charge on any atom is 0.297 e. The molecule has 0 bridgehead atoms. The van der Waals surface area contributed by atoms with Crippen LogP contribution in [-0.2, 0) is 0 Å². The van der Waals surface area contributed by atoms with E-state index in [0.29, 0.717) is 38.0 Å². The summed E-state index contributed by atoms with van der Waals surface area (Å²) in [5, 5.41) is 0.704.